The first-order valence-electron chi connectivity index (χ1n) is 8.91. The number of aliphatic hydroxyl groups excluding tert-OH is 1. The molecule has 0 bridgehead atoms. The van der Waals surface area contributed by atoms with E-state index < -0.39 is 6.10 Å². The molecular formula is C21H22N2O3. The van der Waals surface area contributed by atoms with Crippen molar-refractivity contribution in [3.8, 4) is 0 Å². The third-order valence-electron chi connectivity index (χ3n) is 5.00. The first kappa shape index (κ1) is 17.0. The molecular weight excluding hydrogens is 328 g/mol. The number of carbonyl (C=O) groups excluding carboxylic acids is 1. The van der Waals surface area contributed by atoms with Crippen LogP contribution in [0.2, 0.25) is 0 Å². The van der Waals surface area contributed by atoms with Crippen molar-refractivity contribution in [1.29, 1.82) is 0 Å². The van der Waals surface area contributed by atoms with Crippen LogP contribution in [0.25, 0.3) is 10.9 Å². The predicted molar refractivity (Wildman–Crippen MR) is 100 cm³/mol. The van der Waals surface area contributed by atoms with Crippen LogP contribution in [0.1, 0.15) is 22.0 Å². The van der Waals surface area contributed by atoms with Crippen molar-refractivity contribution in [3.05, 3.63) is 71.9 Å². The van der Waals surface area contributed by atoms with Crippen LogP contribution in [0.3, 0.4) is 0 Å². The number of para-hydroxylation sites is 1. The first-order valence-corrected chi connectivity index (χ1v) is 8.91. The number of rotatable bonds is 5. The van der Waals surface area contributed by atoms with E-state index in [4.69, 9.17) is 4.74 Å². The molecule has 0 unspecified atom stereocenters. The number of ketones is 1. The SMILES string of the molecule is O=C(c1c[nH]c2ccccc12)[C@H](O)[C@@H](c1ccccc1)N1CCOCC1. The molecule has 5 heteroatoms. The summed E-state index contributed by atoms with van der Waals surface area (Å²) in [7, 11) is 0. The van der Waals surface area contributed by atoms with Crippen molar-refractivity contribution in [2.75, 3.05) is 26.3 Å². The number of hydrogen-bond donors (Lipinski definition) is 2. The highest BCUT2D eigenvalue weighted by molar-refractivity contribution is 6.10. The van der Waals surface area contributed by atoms with E-state index in [2.05, 4.69) is 9.88 Å². The summed E-state index contributed by atoms with van der Waals surface area (Å²) in [6.07, 6.45) is 0.548. The average molecular weight is 350 g/mol. The molecule has 2 atom stereocenters. The Kier molecular flexibility index (Phi) is 4.84. The quantitative estimate of drug-likeness (QED) is 0.695. The predicted octanol–water partition coefficient (Wildman–Crippen LogP) is 2.79. The van der Waals surface area contributed by atoms with Crippen LogP contribution in [-0.4, -0.2) is 53.2 Å². The minimum Gasteiger partial charge on any atom is -0.383 e. The summed E-state index contributed by atoms with van der Waals surface area (Å²) in [5.74, 6) is -0.261. The van der Waals surface area contributed by atoms with Gasteiger partial charge in [-0.15, -0.1) is 0 Å². The van der Waals surface area contributed by atoms with E-state index in [0.717, 1.165) is 16.5 Å². The Hall–Kier alpha value is -2.47. The zero-order chi connectivity index (χ0) is 17.9. The number of nitrogens with zero attached hydrogens (tertiary/aromatic N) is 1. The van der Waals surface area contributed by atoms with Crippen molar-refractivity contribution in [1.82, 2.24) is 9.88 Å². The van der Waals surface area contributed by atoms with Gasteiger partial charge in [0.25, 0.3) is 0 Å². The third kappa shape index (κ3) is 3.17. The number of aromatic nitrogens is 1. The largest absolute Gasteiger partial charge is 0.383 e. The van der Waals surface area contributed by atoms with Gasteiger partial charge < -0.3 is 14.8 Å². The van der Waals surface area contributed by atoms with Gasteiger partial charge in [0.05, 0.1) is 19.3 Å². The molecule has 2 N–H and O–H groups in total. The number of benzene rings is 2. The number of carbonyl (C=O) groups is 1. The fourth-order valence-electron chi connectivity index (χ4n) is 3.68. The second kappa shape index (κ2) is 7.41. The number of morpholine rings is 1. The smallest absolute Gasteiger partial charge is 0.195 e. The number of ether oxygens (including phenoxy) is 1. The Balaban J connectivity index is 1.69. The fourth-order valence-corrected chi connectivity index (χ4v) is 3.68. The number of hydrogen-bond acceptors (Lipinski definition) is 4. The van der Waals surface area contributed by atoms with Crippen molar-refractivity contribution < 1.29 is 14.6 Å². The van der Waals surface area contributed by atoms with Gasteiger partial charge in [0.15, 0.2) is 5.78 Å². The van der Waals surface area contributed by atoms with Crippen LogP contribution < -0.4 is 0 Å². The van der Waals surface area contributed by atoms with Crippen molar-refractivity contribution in [2.24, 2.45) is 0 Å². The minimum absolute atomic E-state index is 0.261. The van der Waals surface area contributed by atoms with Gasteiger partial charge in [-0.1, -0.05) is 48.5 Å². The highest BCUT2D eigenvalue weighted by atomic mass is 16.5. The van der Waals surface area contributed by atoms with Gasteiger partial charge in [-0.2, -0.15) is 0 Å². The van der Waals surface area contributed by atoms with Crippen LogP contribution in [0.4, 0.5) is 0 Å². The van der Waals surface area contributed by atoms with E-state index in [1.165, 1.54) is 0 Å². The molecule has 2 heterocycles. The number of Topliss-reactive ketones (excluding diaryl/α,β-unsaturated/α-hetero) is 1. The van der Waals surface area contributed by atoms with E-state index in [9.17, 15) is 9.90 Å². The lowest BCUT2D eigenvalue weighted by Crippen LogP contribution is -2.46. The molecule has 2 aromatic carbocycles. The molecule has 1 aliphatic rings. The van der Waals surface area contributed by atoms with E-state index in [1.807, 2.05) is 54.6 Å². The molecule has 0 aliphatic carbocycles. The third-order valence-corrected chi connectivity index (χ3v) is 5.00. The molecule has 3 aromatic rings. The first-order chi connectivity index (χ1) is 12.8. The summed E-state index contributed by atoms with van der Waals surface area (Å²) >= 11 is 0. The maximum atomic E-state index is 13.1. The zero-order valence-electron chi connectivity index (χ0n) is 14.5. The molecule has 26 heavy (non-hydrogen) atoms. The molecule has 134 valence electrons. The lowest BCUT2D eigenvalue weighted by molar-refractivity contribution is -0.0172. The van der Waals surface area contributed by atoms with E-state index in [0.29, 0.717) is 31.9 Å². The molecule has 4 rings (SSSR count). The zero-order valence-corrected chi connectivity index (χ0v) is 14.5. The van der Waals surface area contributed by atoms with Crippen LogP contribution in [0, 0.1) is 0 Å². The van der Waals surface area contributed by atoms with Crippen LogP contribution in [-0.2, 0) is 4.74 Å². The van der Waals surface area contributed by atoms with Crippen molar-refractivity contribution >= 4 is 16.7 Å². The van der Waals surface area contributed by atoms with Crippen molar-refractivity contribution in [2.45, 2.75) is 12.1 Å². The van der Waals surface area contributed by atoms with Crippen LogP contribution >= 0.6 is 0 Å². The molecule has 1 fully saturated rings. The summed E-state index contributed by atoms with van der Waals surface area (Å²) in [4.78, 5) is 18.4. The lowest BCUT2D eigenvalue weighted by atomic mass is 9.93. The Morgan fingerprint density at radius 2 is 1.73 bits per heavy atom. The summed E-state index contributed by atoms with van der Waals surface area (Å²) in [6, 6.07) is 17.0. The van der Waals surface area contributed by atoms with Gasteiger partial charge in [0, 0.05) is 35.8 Å². The normalized spacial score (nSPS) is 17.9. The van der Waals surface area contributed by atoms with Crippen LogP contribution in [0.5, 0.6) is 0 Å². The highest BCUT2D eigenvalue weighted by Gasteiger charge is 2.34. The van der Waals surface area contributed by atoms with Gasteiger partial charge in [-0.25, -0.2) is 0 Å². The molecule has 1 saturated heterocycles. The second-order valence-electron chi connectivity index (χ2n) is 6.56. The Morgan fingerprint density at radius 1 is 1.04 bits per heavy atom. The molecule has 0 spiro atoms. The van der Waals surface area contributed by atoms with Gasteiger partial charge in [-0.05, 0) is 11.6 Å². The summed E-state index contributed by atoms with van der Waals surface area (Å²) in [5.41, 5.74) is 2.36. The minimum atomic E-state index is -1.14. The van der Waals surface area contributed by atoms with Gasteiger partial charge >= 0.3 is 0 Å². The van der Waals surface area contributed by atoms with E-state index in [1.54, 1.807) is 6.20 Å². The van der Waals surface area contributed by atoms with Gasteiger partial charge in [0.2, 0.25) is 0 Å². The van der Waals surface area contributed by atoms with Gasteiger partial charge in [0.1, 0.15) is 6.10 Å². The standard InChI is InChI=1S/C21H22N2O3/c24-20(17-14-22-18-9-5-4-8-16(17)18)21(25)19(15-6-2-1-3-7-15)23-10-12-26-13-11-23/h1-9,14,19,21-22,25H,10-13H2/t19-,21-/m1/s1. The molecule has 0 saturated carbocycles. The Bertz CT molecular complexity index is 884. The van der Waals surface area contributed by atoms with Gasteiger partial charge in [-0.3, -0.25) is 9.69 Å². The fraction of sp³-hybridized carbons (Fsp3) is 0.286. The van der Waals surface area contributed by atoms with E-state index >= 15 is 0 Å². The topological polar surface area (TPSA) is 65.6 Å². The van der Waals surface area contributed by atoms with Crippen LogP contribution in [0.15, 0.2) is 60.8 Å². The average Bonchev–Trinajstić information content (AvgIpc) is 3.13. The number of aromatic amines is 1. The maximum absolute atomic E-state index is 13.1. The Labute approximate surface area is 152 Å². The molecule has 1 aliphatic heterocycles. The number of aliphatic hydroxyl groups is 1. The number of fused-ring (bicyclic) bond motifs is 1. The summed E-state index contributed by atoms with van der Waals surface area (Å²) in [5, 5.41) is 11.9. The molecule has 0 radical (unpaired) electrons. The number of nitrogens with one attached hydrogen (secondary N) is 1. The highest BCUT2D eigenvalue weighted by Crippen LogP contribution is 2.29. The Morgan fingerprint density at radius 3 is 2.50 bits per heavy atom. The van der Waals surface area contributed by atoms with Crippen molar-refractivity contribution in [3.63, 3.8) is 0 Å². The molecule has 1 aromatic heterocycles. The number of H-pyrrole nitrogens is 1. The second-order valence-corrected chi connectivity index (χ2v) is 6.56. The maximum Gasteiger partial charge on any atom is 0.195 e. The summed E-state index contributed by atoms with van der Waals surface area (Å²) < 4.78 is 5.44. The molecule has 0 amide bonds. The monoisotopic (exact) mass is 350 g/mol. The van der Waals surface area contributed by atoms with E-state index in [-0.39, 0.29) is 11.8 Å². The lowest BCUT2D eigenvalue weighted by Gasteiger charge is -2.36. The molecule has 5 nitrogen and oxygen atoms in total. The summed E-state index contributed by atoms with van der Waals surface area (Å²) in [6.45, 7) is 2.60.